The third kappa shape index (κ3) is 3.76. The number of benzene rings is 2. The van der Waals surface area contributed by atoms with Crippen LogP contribution in [0, 0.1) is 0 Å². The van der Waals surface area contributed by atoms with Gasteiger partial charge in [0.05, 0.1) is 24.2 Å². The highest BCUT2D eigenvalue weighted by Gasteiger charge is 2.26. The summed E-state index contributed by atoms with van der Waals surface area (Å²) in [4.78, 5) is 12.4. The van der Waals surface area contributed by atoms with E-state index in [2.05, 4.69) is 5.32 Å². The Hall–Kier alpha value is -2.54. The summed E-state index contributed by atoms with van der Waals surface area (Å²) in [7, 11) is -1.71. The second kappa shape index (κ2) is 7.14. The molecule has 0 aliphatic carbocycles. The van der Waals surface area contributed by atoms with Gasteiger partial charge in [0.15, 0.2) is 0 Å². The fourth-order valence-corrected chi connectivity index (χ4v) is 4.44. The van der Waals surface area contributed by atoms with Crippen LogP contribution in [-0.2, 0) is 10.0 Å². The number of carbonyl (C=O) groups is 1. The predicted molar refractivity (Wildman–Crippen MR) is 97.8 cm³/mol. The Morgan fingerprint density at radius 1 is 1.08 bits per heavy atom. The molecule has 0 saturated carbocycles. The zero-order chi connectivity index (χ0) is 17.9. The van der Waals surface area contributed by atoms with E-state index in [1.807, 2.05) is 12.1 Å². The molecule has 6 nitrogen and oxygen atoms in total. The first-order chi connectivity index (χ1) is 12.0. The van der Waals surface area contributed by atoms with Crippen molar-refractivity contribution >= 4 is 27.3 Å². The third-order valence-electron chi connectivity index (χ3n) is 4.12. The number of carbonyl (C=O) groups excluding carboxylic acids is 1. The predicted octanol–water partition coefficient (Wildman–Crippen LogP) is 2.88. The highest BCUT2D eigenvalue weighted by atomic mass is 32.2. The molecular weight excluding hydrogens is 340 g/mol. The minimum Gasteiger partial charge on any atom is -0.495 e. The second-order valence-electron chi connectivity index (χ2n) is 5.80. The third-order valence-corrected chi connectivity index (χ3v) is 5.99. The topological polar surface area (TPSA) is 75.7 Å². The molecule has 2 aromatic carbocycles. The molecule has 1 aliphatic rings. The zero-order valence-corrected chi connectivity index (χ0v) is 14.8. The lowest BCUT2D eigenvalue weighted by Crippen LogP contribution is -2.37. The van der Waals surface area contributed by atoms with Gasteiger partial charge >= 0.3 is 0 Å². The molecule has 1 heterocycles. The first kappa shape index (κ1) is 17.3. The van der Waals surface area contributed by atoms with E-state index in [1.165, 1.54) is 4.31 Å². The Balaban J connectivity index is 1.77. The van der Waals surface area contributed by atoms with Crippen molar-refractivity contribution < 1.29 is 17.9 Å². The summed E-state index contributed by atoms with van der Waals surface area (Å²) in [5, 5.41) is 2.80. The molecule has 0 bridgehead atoms. The van der Waals surface area contributed by atoms with E-state index in [0.29, 0.717) is 35.7 Å². The Morgan fingerprint density at radius 3 is 2.48 bits per heavy atom. The van der Waals surface area contributed by atoms with Crippen molar-refractivity contribution in [2.45, 2.75) is 12.8 Å². The SMILES string of the molecule is COc1ccccc1NC(=O)c1ccc(N2CCCCS2(=O)=O)cc1. The number of rotatable bonds is 4. The molecule has 3 rings (SSSR count). The van der Waals surface area contributed by atoms with E-state index in [9.17, 15) is 13.2 Å². The minimum absolute atomic E-state index is 0.170. The Labute approximate surface area is 147 Å². The number of amides is 1. The number of methoxy groups -OCH3 is 1. The van der Waals surface area contributed by atoms with Crippen LogP contribution in [-0.4, -0.2) is 33.7 Å². The molecule has 0 radical (unpaired) electrons. The van der Waals surface area contributed by atoms with E-state index in [-0.39, 0.29) is 11.7 Å². The van der Waals surface area contributed by atoms with Crippen LogP contribution in [0.5, 0.6) is 5.75 Å². The number of ether oxygens (including phenoxy) is 1. The number of nitrogens with one attached hydrogen (secondary N) is 1. The van der Waals surface area contributed by atoms with Crippen molar-refractivity contribution in [1.29, 1.82) is 0 Å². The van der Waals surface area contributed by atoms with E-state index < -0.39 is 10.0 Å². The van der Waals surface area contributed by atoms with Gasteiger partial charge in [0, 0.05) is 12.1 Å². The number of hydrogen-bond acceptors (Lipinski definition) is 4. The van der Waals surface area contributed by atoms with Gasteiger partial charge in [0.2, 0.25) is 10.0 Å². The standard InChI is InChI=1S/C18H20N2O4S/c1-24-17-7-3-2-6-16(17)19-18(21)14-8-10-15(11-9-14)20-12-4-5-13-25(20,22)23/h2-3,6-11H,4-5,12-13H2,1H3,(H,19,21). The van der Waals surface area contributed by atoms with Crippen LogP contribution in [0.25, 0.3) is 0 Å². The van der Waals surface area contributed by atoms with Crippen LogP contribution in [0.15, 0.2) is 48.5 Å². The van der Waals surface area contributed by atoms with Gasteiger partial charge in [0.1, 0.15) is 5.75 Å². The molecule has 1 fully saturated rings. The summed E-state index contributed by atoms with van der Waals surface area (Å²) in [6, 6.07) is 13.7. The van der Waals surface area contributed by atoms with Gasteiger partial charge in [-0.2, -0.15) is 0 Å². The molecule has 2 aromatic rings. The summed E-state index contributed by atoms with van der Waals surface area (Å²) in [6.45, 7) is 0.481. The van der Waals surface area contributed by atoms with Gasteiger partial charge in [-0.15, -0.1) is 0 Å². The van der Waals surface area contributed by atoms with Gasteiger partial charge < -0.3 is 10.1 Å². The van der Waals surface area contributed by atoms with Gasteiger partial charge in [-0.3, -0.25) is 9.10 Å². The minimum atomic E-state index is -3.25. The van der Waals surface area contributed by atoms with Crippen molar-refractivity contribution in [3.8, 4) is 5.75 Å². The normalized spacial score (nSPS) is 16.3. The smallest absolute Gasteiger partial charge is 0.255 e. The Bertz CT molecular complexity index is 863. The molecule has 7 heteroatoms. The van der Waals surface area contributed by atoms with Crippen LogP contribution in [0.4, 0.5) is 11.4 Å². The van der Waals surface area contributed by atoms with Gasteiger partial charge in [-0.25, -0.2) is 8.42 Å². The fraction of sp³-hybridized carbons (Fsp3) is 0.278. The number of anilines is 2. The summed E-state index contributed by atoms with van der Waals surface area (Å²) in [6.07, 6.45) is 1.54. The maximum absolute atomic E-state index is 12.4. The molecule has 132 valence electrons. The molecule has 1 amide bonds. The molecule has 1 saturated heterocycles. The van der Waals surface area contributed by atoms with Gasteiger partial charge in [-0.05, 0) is 49.2 Å². The maximum Gasteiger partial charge on any atom is 0.255 e. The number of nitrogens with zero attached hydrogens (tertiary/aromatic N) is 1. The van der Waals surface area contributed by atoms with Crippen molar-refractivity contribution in [3.63, 3.8) is 0 Å². The highest BCUT2D eigenvalue weighted by Crippen LogP contribution is 2.26. The molecule has 0 unspecified atom stereocenters. The lowest BCUT2D eigenvalue weighted by molar-refractivity contribution is 0.102. The van der Waals surface area contributed by atoms with Crippen LogP contribution in [0.3, 0.4) is 0 Å². The number of hydrogen-bond donors (Lipinski definition) is 1. The Morgan fingerprint density at radius 2 is 1.80 bits per heavy atom. The quantitative estimate of drug-likeness (QED) is 0.910. The Kier molecular flexibility index (Phi) is 4.94. The molecule has 0 aromatic heterocycles. The average molecular weight is 360 g/mol. The molecule has 25 heavy (non-hydrogen) atoms. The summed E-state index contributed by atoms with van der Waals surface area (Å²) < 4.78 is 30.9. The maximum atomic E-state index is 12.4. The average Bonchev–Trinajstić information content (AvgIpc) is 2.62. The largest absolute Gasteiger partial charge is 0.495 e. The van der Waals surface area contributed by atoms with Crippen molar-refractivity contribution in [3.05, 3.63) is 54.1 Å². The van der Waals surface area contributed by atoms with Crippen molar-refractivity contribution in [2.75, 3.05) is 29.0 Å². The first-order valence-corrected chi connectivity index (χ1v) is 9.67. The number of para-hydroxylation sites is 2. The fourth-order valence-electron chi connectivity index (χ4n) is 2.80. The van der Waals surface area contributed by atoms with E-state index in [1.54, 1.807) is 43.5 Å². The summed E-state index contributed by atoms with van der Waals surface area (Å²) >= 11 is 0. The zero-order valence-electron chi connectivity index (χ0n) is 13.9. The lowest BCUT2D eigenvalue weighted by Gasteiger charge is -2.28. The first-order valence-electron chi connectivity index (χ1n) is 8.06. The summed E-state index contributed by atoms with van der Waals surface area (Å²) in [5.41, 5.74) is 1.62. The number of sulfonamides is 1. The second-order valence-corrected chi connectivity index (χ2v) is 7.81. The van der Waals surface area contributed by atoms with Crippen molar-refractivity contribution in [2.24, 2.45) is 0 Å². The lowest BCUT2D eigenvalue weighted by atomic mass is 10.2. The van der Waals surface area contributed by atoms with E-state index in [4.69, 9.17) is 4.74 Å². The van der Waals surface area contributed by atoms with E-state index in [0.717, 1.165) is 6.42 Å². The molecular formula is C18H20N2O4S. The van der Waals surface area contributed by atoms with E-state index >= 15 is 0 Å². The van der Waals surface area contributed by atoms with Crippen LogP contribution in [0.1, 0.15) is 23.2 Å². The van der Waals surface area contributed by atoms with Crippen LogP contribution >= 0.6 is 0 Å². The highest BCUT2D eigenvalue weighted by molar-refractivity contribution is 7.92. The molecule has 0 atom stereocenters. The van der Waals surface area contributed by atoms with Crippen LogP contribution in [0.2, 0.25) is 0 Å². The molecule has 0 spiro atoms. The molecule has 1 aliphatic heterocycles. The molecule has 1 N–H and O–H groups in total. The van der Waals surface area contributed by atoms with Crippen molar-refractivity contribution in [1.82, 2.24) is 0 Å². The monoisotopic (exact) mass is 360 g/mol. The van der Waals surface area contributed by atoms with Gasteiger partial charge in [0.25, 0.3) is 5.91 Å². The summed E-state index contributed by atoms with van der Waals surface area (Å²) in [5.74, 6) is 0.465. The van der Waals surface area contributed by atoms with Gasteiger partial charge in [-0.1, -0.05) is 12.1 Å². The van der Waals surface area contributed by atoms with Crippen LogP contribution < -0.4 is 14.4 Å².